The summed E-state index contributed by atoms with van der Waals surface area (Å²) in [7, 11) is 0. The van der Waals surface area contributed by atoms with Crippen LogP contribution in [-0.4, -0.2) is 9.78 Å². The smallest absolute Gasteiger partial charge is 0.0702 e. The number of rotatable bonds is 5. The molecule has 0 radical (unpaired) electrons. The molecule has 1 atom stereocenters. The topological polar surface area (TPSA) is 55.9 Å². The lowest BCUT2D eigenvalue weighted by molar-refractivity contribution is 0.458. The first-order valence-corrected chi connectivity index (χ1v) is 8.62. The second-order valence-electron chi connectivity index (χ2n) is 5.29. The minimum Gasteiger partial charge on any atom is -0.271 e. The van der Waals surface area contributed by atoms with Gasteiger partial charge in [0.2, 0.25) is 0 Å². The molecular formula is C14H19BrN4S. The first-order chi connectivity index (χ1) is 9.76. The first kappa shape index (κ1) is 14.3. The molecule has 1 unspecified atom stereocenters. The van der Waals surface area contributed by atoms with Gasteiger partial charge in [-0.3, -0.25) is 16.0 Å². The molecule has 6 heteroatoms. The van der Waals surface area contributed by atoms with Crippen molar-refractivity contribution >= 4 is 27.3 Å². The fraction of sp³-hybridized carbons (Fsp3) is 0.500. The molecule has 0 amide bonds. The quantitative estimate of drug-likeness (QED) is 0.637. The van der Waals surface area contributed by atoms with Gasteiger partial charge in [0.1, 0.15) is 0 Å². The average Bonchev–Trinajstić information content (AvgIpc) is 3.16. The maximum Gasteiger partial charge on any atom is 0.0702 e. The molecule has 4 nitrogen and oxygen atoms in total. The molecule has 20 heavy (non-hydrogen) atoms. The van der Waals surface area contributed by atoms with Gasteiger partial charge in [-0.05, 0) is 47.0 Å². The van der Waals surface area contributed by atoms with Crippen LogP contribution in [0.4, 0.5) is 0 Å². The molecule has 0 aliphatic heterocycles. The van der Waals surface area contributed by atoms with E-state index in [0.29, 0.717) is 6.04 Å². The predicted octanol–water partition coefficient (Wildman–Crippen LogP) is 3.57. The molecule has 3 N–H and O–H groups in total. The van der Waals surface area contributed by atoms with Crippen molar-refractivity contribution in [2.45, 2.75) is 44.2 Å². The molecule has 0 spiro atoms. The maximum atomic E-state index is 5.70. The van der Waals surface area contributed by atoms with E-state index in [1.54, 1.807) is 11.3 Å². The Kier molecular flexibility index (Phi) is 4.55. The van der Waals surface area contributed by atoms with Gasteiger partial charge in [-0.1, -0.05) is 12.8 Å². The fourth-order valence-electron chi connectivity index (χ4n) is 2.82. The molecule has 1 saturated carbocycles. The van der Waals surface area contributed by atoms with Crippen LogP contribution in [0.1, 0.15) is 48.3 Å². The number of nitrogens with two attached hydrogens (primary N) is 1. The lowest BCUT2D eigenvalue weighted by Crippen LogP contribution is -2.29. The molecule has 2 aromatic heterocycles. The van der Waals surface area contributed by atoms with Gasteiger partial charge in [0.15, 0.2) is 0 Å². The van der Waals surface area contributed by atoms with E-state index >= 15 is 0 Å². The molecule has 2 aromatic rings. The SMILES string of the molecule is NNC(Cc1ccn(C2CCCC2)n1)c1ccc(Br)s1. The second-order valence-corrected chi connectivity index (χ2v) is 7.79. The largest absolute Gasteiger partial charge is 0.271 e. The summed E-state index contributed by atoms with van der Waals surface area (Å²) in [5.41, 5.74) is 4.00. The van der Waals surface area contributed by atoms with Crippen molar-refractivity contribution in [2.75, 3.05) is 0 Å². The number of aromatic nitrogens is 2. The van der Waals surface area contributed by atoms with Crippen LogP contribution in [0.15, 0.2) is 28.2 Å². The highest BCUT2D eigenvalue weighted by Crippen LogP contribution is 2.30. The summed E-state index contributed by atoms with van der Waals surface area (Å²) in [4.78, 5) is 1.23. The van der Waals surface area contributed by atoms with Gasteiger partial charge in [0, 0.05) is 17.5 Å². The summed E-state index contributed by atoms with van der Waals surface area (Å²) in [6, 6.07) is 7.00. The lowest BCUT2D eigenvalue weighted by Gasteiger charge is -2.13. The summed E-state index contributed by atoms with van der Waals surface area (Å²) in [6.07, 6.45) is 8.12. The standard InChI is InChI=1S/C14H19BrN4S/c15-14-6-5-13(20-14)12(17-16)9-10-7-8-19(18-10)11-3-1-2-4-11/h5-8,11-12,17H,1-4,9,16H2. The van der Waals surface area contributed by atoms with Gasteiger partial charge in [0.05, 0.1) is 21.6 Å². The second kappa shape index (κ2) is 6.39. The average molecular weight is 355 g/mol. The van der Waals surface area contributed by atoms with Crippen molar-refractivity contribution < 1.29 is 0 Å². The molecule has 1 aliphatic rings. The number of hydrogen-bond donors (Lipinski definition) is 2. The summed E-state index contributed by atoms with van der Waals surface area (Å²) in [5.74, 6) is 5.70. The van der Waals surface area contributed by atoms with Crippen LogP contribution in [0.2, 0.25) is 0 Å². The zero-order valence-corrected chi connectivity index (χ0v) is 13.7. The molecular weight excluding hydrogens is 336 g/mol. The van der Waals surface area contributed by atoms with Crippen LogP contribution in [0.3, 0.4) is 0 Å². The van der Waals surface area contributed by atoms with E-state index < -0.39 is 0 Å². The van der Waals surface area contributed by atoms with E-state index in [1.165, 1.54) is 30.6 Å². The van der Waals surface area contributed by atoms with Gasteiger partial charge in [-0.15, -0.1) is 11.3 Å². The van der Waals surface area contributed by atoms with E-state index in [0.717, 1.165) is 15.9 Å². The Hall–Kier alpha value is -0.690. The van der Waals surface area contributed by atoms with E-state index in [4.69, 9.17) is 10.9 Å². The van der Waals surface area contributed by atoms with Gasteiger partial charge < -0.3 is 0 Å². The van der Waals surface area contributed by atoms with Gasteiger partial charge in [0.25, 0.3) is 0 Å². The monoisotopic (exact) mass is 354 g/mol. The Bertz CT molecular complexity index is 559. The number of nitrogens with one attached hydrogen (secondary N) is 1. The Morgan fingerprint density at radius 1 is 1.40 bits per heavy atom. The van der Waals surface area contributed by atoms with E-state index in [1.807, 2.05) is 0 Å². The highest BCUT2D eigenvalue weighted by Gasteiger charge is 2.19. The first-order valence-electron chi connectivity index (χ1n) is 7.01. The normalized spacial score (nSPS) is 17.7. The van der Waals surface area contributed by atoms with Crippen molar-refractivity contribution in [2.24, 2.45) is 5.84 Å². The van der Waals surface area contributed by atoms with Gasteiger partial charge in [-0.25, -0.2) is 0 Å². The van der Waals surface area contributed by atoms with Crippen molar-refractivity contribution in [3.8, 4) is 0 Å². The van der Waals surface area contributed by atoms with E-state index in [-0.39, 0.29) is 6.04 Å². The van der Waals surface area contributed by atoms with Crippen molar-refractivity contribution in [3.05, 3.63) is 38.8 Å². The Balaban J connectivity index is 1.69. The summed E-state index contributed by atoms with van der Waals surface area (Å²) < 4.78 is 3.27. The molecule has 0 bridgehead atoms. The minimum atomic E-state index is 0.123. The summed E-state index contributed by atoms with van der Waals surface area (Å²) in [6.45, 7) is 0. The maximum absolute atomic E-state index is 5.70. The molecule has 3 rings (SSSR count). The third-order valence-corrected chi connectivity index (χ3v) is 5.65. The lowest BCUT2D eigenvalue weighted by atomic mass is 10.1. The van der Waals surface area contributed by atoms with Gasteiger partial charge >= 0.3 is 0 Å². The van der Waals surface area contributed by atoms with E-state index in [2.05, 4.69) is 50.4 Å². The summed E-state index contributed by atoms with van der Waals surface area (Å²) in [5, 5.41) is 4.73. The van der Waals surface area contributed by atoms with Crippen LogP contribution in [0.5, 0.6) is 0 Å². The van der Waals surface area contributed by atoms with Crippen LogP contribution < -0.4 is 11.3 Å². The molecule has 0 saturated heterocycles. The molecule has 1 aliphatic carbocycles. The zero-order chi connectivity index (χ0) is 13.9. The number of thiophene rings is 1. The number of hydrogen-bond acceptors (Lipinski definition) is 4. The molecule has 108 valence electrons. The molecule has 0 aromatic carbocycles. The number of halogens is 1. The third-order valence-electron chi connectivity index (χ3n) is 3.91. The highest BCUT2D eigenvalue weighted by atomic mass is 79.9. The Morgan fingerprint density at radius 3 is 2.85 bits per heavy atom. The fourth-order valence-corrected chi connectivity index (χ4v) is 4.31. The van der Waals surface area contributed by atoms with Crippen LogP contribution in [-0.2, 0) is 6.42 Å². The third kappa shape index (κ3) is 3.14. The number of nitrogens with zero attached hydrogens (tertiary/aromatic N) is 2. The Labute approximate surface area is 131 Å². The predicted molar refractivity (Wildman–Crippen MR) is 85.5 cm³/mol. The zero-order valence-electron chi connectivity index (χ0n) is 11.3. The minimum absolute atomic E-state index is 0.123. The van der Waals surface area contributed by atoms with Crippen molar-refractivity contribution in [3.63, 3.8) is 0 Å². The van der Waals surface area contributed by atoms with Crippen molar-refractivity contribution in [1.29, 1.82) is 0 Å². The van der Waals surface area contributed by atoms with Gasteiger partial charge in [-0.2, -0.15) is 5.10 Å². The van der Waals surface area contributed by atoms with Crippen LogP contribution in [0, 0.1) is 0 Å². The van der Waals surface area contributed by atoms with Crippen LogP contribution >= 0.6 is 27.3 Å². The summed E-state index contributed by atoms with van der Waals surface area (Å²) >= 11 is 5.21. The Morgan fingerprint density at radius 2 is 2.20 bits per heavy atom. The van der Waals surface area contributed by atoms with Crippen molar-refractivity contribution in [1.82, 2.24) is 15.2 Å². The van der Waals surface area contributed by atoms with E-state index in [9.17, 15) is 0 Å². The van der Waals surface area contributed by atoms with Crippen LogP contribution in [0.25, 0.3) is 0 Å². The highest BCUT2D eigenvalue weighted by molar-refractivity contribution is 9.11. The molecule has 2 heterocycles. The number of hydrazine groups is 1. The molecule has 1 fully saturated rings.